The van der Waals surface area contributed by atoms with Gasteiger partial charge in [-0.25, -0.2) is 0 Å². The summed E-state index contributed by atoms with van der Waals surface area (Å²) >= 11 is 0. The molecule has 0 atom stereocenters. The summed E-state index contributed by atoms with van der Waals surface area (Å²) < 4.78 is 11.3. The lowest BCUT2D eigenvalue weighted by atomic mass is 9.31. The lowest BCUT2D eigenvalue weighted by molar-refractivity contribution is 0.590. The van der Waals surface area contributed by atoms with Gasteiger partial charge in [-0.2, -0.15) is 0 Å². The first kappa shape index (κ1) is 51.9. The van der Waals surface area contributed by atoms with Crippen LogP contribution in [0.2, 0.25) is 0 Å². The molecule has 438 valence electrons. The maximum absolute atomic E-state index is 2.84. The lowest BCUT2D eigenvalue weighted by Gasteiger charge is -2.42. The van der Waals surface area contributed by atoms with Crippen LogP contribution < -0.4 is 32.8 Å². The Morgan fingerprint density at radius 1 is 0.239 bits per heavy atom. The summed E-state index contributed by atoms with van der Waals surface area (Å²) in [5.41, 5.74) is 28.7. The average Bonchev–Trinajstić information content (AvgIpc) is 1.35. The van der Waals surface area contributed by atoms with E-state index in [2.05, 4.69) is 295 Å². The molecule has 4 aliphatic rings. The summed E-state index contributed by atoms with van der Waals surface area (Å²) in [6, 6.07) is 77.6. The zero-order valence-electron chi connectivity index (χ0n) is 54.4. The van der Waals surface area contributed by atoms with E-state index in [1.807, 2.05) is 0 Å². The molecule has 8 heterocycles. The fourth-order valence-corrected chi connectivity index (χ4v) is 18.5. The van der Waals surface area contributed by atoms with Gasteiger partial charge >= 0.3 is 0 Å². The minimum absolute atomic E-state index is 0.0731. The molecule has 17 aromatic rings. The van der Waals surface area contributed by atoms with Crippen LogP contribution in [0.3, 0.4) is 0 Å². The third kappa shape index (κ3) is 6.15. The summed E-state index contributed by atoms with van der Waals surface area (Å²) in [7, 11) is 0. The van der Waals surface area contributed by atoms with Crippen molar-refractivity contribution in [3.8, 4) is 22.7 Å². The van der Waals surface area contributed by atoms with Crippen LogP contribution in [0.1, 0.15) is 105 Å². The van der Waals surface area contributed by atoms with Gasteiger partial charge in [0.2, 0.25) is 0 Å². The number of aromatic nitrogens is 4. The van der Waals surface area contributed by atoms with Gasteiger partial charge < -0.3 is 18.3 Å². The highest BCUT2D eigenvalue weighted by Gasteiger charge is 2.51. The normalized spacial score (nSPS) is 14.3. The maximum Gasteiger partial charge on any atom is 0.252 e. The average molecular weight is 1180 g/mol. The van der Waals surface area contributed by atoms with Gasteiger partial charge in [-0.05, 0) is 168 Å². The number of benzene rings is 13. The van der Waals surface area contributed by atoms with Gasteiger partial charge in [0.25, 0.3) is 13.4 Å². The van der Waals surface area contributed by atoms with Crippen LogP contribution in [0.5, 0.6) is 0 Å². The molecule has 0 bridgehead atoms. The Kier molecular flexibility index (Phi) is 9.29. The molecule has 0 N–H and O–H groups in total. The molecular formula is C86H68B2N4. The van der Waals surface area contributed by atoms with Crippen LogP contribution in [0.4, 0.5) is 0 Å². The first-order chi connectivity index (χ1) is 44.2. The fourth-order valence-electron chi connectivity index (χ4n) is 18.5. The van der Waals surface area contributed by atoms with Gasteiger partial charge in [0.1, 0.15) is 0 Å². The molecular weight excluding hydrogens is 1110 g/mol. The zero-order chi connectivity index (χ0) is 62.0. The monoisotopic (exact) mass is 1180 g/mol. The molecule has 92 heavy (non-hydrogen) atoms. The van der Waals surface area contributed by atoms with Crippen molar-refractivity contribution in [1.82, 2.24) is 18.3 Å². The van der Waals surface area contributed by atoms with E-state index in [4.69, 9.17) is 0 Å². The van der Waals surface area contributed by atoms with Crippen LogP contribution in [0.25, 0.3) is 153 Å². The first-order valence-electron chi connectivity index (χ1n) is 33.5. The van der Waals surface area contributed by atoms with Gasteiger partial charge in [0, 0.05) is 54.1 Å². The standard InChI is InChI=1S/C86H68B2N4/c1-83(2,3)49-31-35-65-57(39-49)59-41-51(85(7,8)9)43-63-75(59)89(65)79-73-82(92-68-34-30-46-22-14-18-26-54(46)70(68)71-55-27-19-15-23-47(55)37-61(77(71)92)87(63)73)80-74-81(79)91-67-33-29-45-21-13-17-25-53(45)69(67)72-56-28-20-16-24-48(56)38-62(78(72)91)88(74)64-44-52(86(10,11)12)42-60-58-40-50(84(4,5)6)32-36-66(58)90(80)76(60)64/h13-44H,1-12H3. The van der Waals surface area contributed by atoms with Crippen molar-refractivity contribution in [2.75, 3.05) is 0 Å². The third-order valence-corrected chi connectivity index (χ3v) is 22.8. The maximum atomic E-state index is 2.84. The Hall–Kier alpha value is -9.77. The summed E-state index contributed by atoms with van der Waals surface area (Å²) in [6.45, 7) is 28.5. The highest BCUT2D eigenvalue weighted by molar-refractivity contribution is 7.03. The Bertz CT molecular complexity index is 6030. The number of hydrogen-bond acceptors (Lipinski definition) is 0. The second kappa shape index (κ2) is 16.5. The molecule has 0 spiro atoms. The van der Waals surface area contributed by atoms with E-state index in [0.717, 1.165) is 0 Å². The van der Waals surface area contributed by atoms with Crippen LogP contribution in [0, 0.1) is 0 Å². The van der Waals surface area contributed by atoms with Gasteiger partial charge in [-0.15, -0.1) is 0 Å². The van der Waals surface area contributed by atoms with Gasteiger partial charge in [-0.3, -0.25) is 0 Å². The highest BCUT2D eigenvalue weighted by atomic mass is 15.1. The number of nitrogens with zero attached hydrogens (tertiary/aromatic N) is 4. The Morgan fingerprint density at radius 3 is 0.913 bits per heavy atom. The molecule has 21 rings (SSSR count). The molecule has 4 aliphatic heterocycles. The summed E-state index contributed by atoms with van der Waals surface area (Å²) in [5, 5.41) is 20.9. The van der Waals surface area contributed by atoms with E-state index in [1.165, 1.54) is 208 Å². The number of rotatable bonds is 0. The van der Waals surface area contributed by atoms with Gasteiger partial charge in [0.15, 0.2) is 0 Å². The first-order valence-corrected chi connectivity index (χ1v) is 33.5. The molecule has 0 fully saturated rings. The second-order valence-electron chi connectivity index (χ2n) is 32.0. The van der Waals surface area contributed by atoms with Crippen molar-refractivity contribution >= 4 is 177 Å². The fraction of sp³-hybridized carbons (Fsp3) is 0.186. The Balaban J connectivity index is 1.11. The summed E-state index contributed by atoms with van der Waals surface area (Å²) in [4.78, 5) is 0. The minimum atomic E-state index is -0.162. The summed E-state index contributed by atoms with van der Waals surface area (Å²) in [5.74, 6) is 0. The molecule has 0 saturated carbocycles. The van der Waals surface area contributed by atoms with E-state index in [1.54, 1.807) is 0 Å². The highest BCUT2D eigenvalue weighted by Crippen LogP contribution is 2.52. The van der Waals surface area contributed by atoms with Gasteiger partial charge in [-0.1, -0.05) is 229 Å². The Morgan fingerprint density at radius 2 is 0.543 bits per heavy atom. The van der Waals surface area contributed by atoms with Crippen molar-refractivity contribution in [2.45, 2.75) is 105 Å². The van der Waals surface area contributed by atoms with Crippen LogP contribution in [-0.2, 0) is 21.7 Å². The van der Waals surface area contributed by atoms with Crippen molar-refractivity contribution in [3.63, 3.8) is 0 Å². The lowest BCUT2D eigenvalue weighted by Crippen LogP contribution is -2.65. The van der Waals surface area contributed by atoms with E-state index in [9.17, 15) is 0 Å². The van der Waals surface area contributed by atoms with Crippen molar-refractivity contribution in [1.29, 1.82) is 0 Å². The predicted molar refractivity (Wildman–Crippen MR) is 398 cm³/mol. The third-order valence-electron chi connectivity index (χ3n) is 22.8. The van der Waals surface area contributed by atoms with Crippen LogP contribution in [0.15, 0.2) is 194 Å². The van der Waals surface area contributed by atoms with E-state index in [-0.39, 0.29) is 35.1 Å². The minimum Gasteiger partial charge on any atom is -0.308 e. The second-order valence-corrected chi connectivity index (χ2v) is 32.0. The molecule has 0 aliphatic carbocycles. The molecule has 13 aromatic carbocycles. The smallest absolute Gasteiger partial charge is 0.252 e. The van der Waals surface area contributed by atoms with Crippen molar-refractivity contribution < 1.29 is 0 Å². The largest absolute Gasteiger partial charge is 0.308 e. The molecule has 0 radical (unpaired) electrons. The topological polar surface area (TPSA) is 19.7 Å². The molecule has 0 unspecified atom stereocenters. The van der Waals surface area contributed by atoms with Gasteiger partial charge in [0.05, 0.1) is 55.8 Å². The Labute approximate surface area is 535 Å². The van der Waals surface area contributed by atoms with E-state index in [0.29, 0.717) is 0 Å². The van der Waals surface area contributed by atoms with E-state index < -0.39 is 0 Å². The number of hydrogen-bond donors (Lipinski definition) is 0. The van der Waals surface area contributed by atoms with Crippen LogP contribution in [-0.4, -0.2) is 31.7 Å². The molecule has 0 saturated heterocycles. The summed E-state index contributed by atoms with van der Waals surface area (Å²) in [6.07, 6.45) is 0. The van der Waals surface area contributed by atoms with Crippen LogP contribution >= 0.6 is 0 Å². The number of fused-ring (bicyclic) bond motifs is 30. The molecule has 4 aromatic heterocycles. The zero-order valence-corrected chi connectivity index (χ0v) is 54.4. The molecule has 0 amide bonds. The molecule has 6 heteroatoms. The molecule has 4 nitrogen and oxygen atoms in total. The van der Waals surface area contributed by atoms with Crippen molar-refractivity contribution in [2.24, 2.45) is 0 Å². The van der Waals surface area contributed by atoms with E-state index >= 15 is 0 Å². The SMILES string of the molecule is CC(C)(C)c1ccc2c(c1)c1cc(C(C)(C)C)cc3c1n2-c1c2c(c4c5c1-n1c6ccc7ccccc7c6c6c7ccccc7cc(c61)B5c1cc(C(C)(C)C)cc5c6cc(C(C)(C)C)ccc6n-4c15)-n1c4ccc5ccccc5c4c4c5ccccc5cc(c41)B23. The quantitative estimate of drug-likeness (QED) is 0.135. The van der Waals surface area contributed by atoms with Crippen molar-refractivity contribution in [3.05, 3.63) is 216 Å². The predicted octanol–water partition coefficient (Wildman–Crippen LogP) is 18.2.